The number of ether oxygens (including phenoxy) is 1. The molecule has 2 rings (SSSR count). The molecule has 3 amide bonds. The third-order valence-electron chi connectivity index (χ3n) is 3.76. The Morgan fingerprint density at radius 1 is 1.17 bits per heavy atom. The molecule has 0 aliphatic rings. The Morgan fingerprint density at radius 2 is 1.87 bits per heavy atom. The molecule has 0 unspecified atom stereocenters. The van der Waals surface area contributed by atoms with Gasteiger partial charge in [-0.15, -0.1) is 0 Å². The summed E-state index contributed by atoms with van der Waals surface area (Å²) < 4.78 is 47.2. The zero-order valence-corrected chi connectivity index (χ0v) is 16.2. The summed E-state index contributed by atoms with van der Waals surface area (Å²) in [5.41, 5.74) is -0.513. The lowest BCUT2D eigenvalue weighted by Gasteiger charge is -2.26. The number of nitrogens with one attached hydrogen (secondary N) is 3. The highest BCUT2D eigenvalue weighted by molar-refractivity contribution is 6.39. The molecule has 1 aromatic carbocycles. The van der Waals surface area contributed by atoms with Gasteiger partial charge in [0.05, 0.1) is 24.4 Å². The minimum Gasteiger partial charge on any atom is -0.496 e. The normalized spacial score (nSPS) is 11.5. The van der Waals surface area contributed by atoms with Crippen molar-refractivity contribution in [1.82, 2.24) is 15.6 Å². The van der Waals surface area contributed by atoms with E-state index in [0.717, 1.165) is 0 Å². The molecule has 2 aromatic rings. The lowest BCUT2D eigenvalue weighted by molar-refractivity contribution is -0.173. The first-order chi connectivity index (χ1) is 13.9. The van der Waals surface area contributed by atoms with Crippen LogP contribution in [0.25, 0.3) is 11.3 Å². The largest absolute Gasteiger partial charge is 0.496 e. The quantitative estimate of drug-likeness (QED) is 0.604. The van der Waals surface area contributed by atoms with Crippen molar-refractivity contribution in [3.05, 3.63) is 30.8 Å². The van der Waals surface area contributed by atoms with Gasteiger partial charge >= 0.3 is 23.9 Å². The predicted octanol–water partition coefficient (Wildman–Crippen LogP) is 1.86. The van der Waals surface area contributed by atoms with Crippen LogP contribution >= 0.6 is 0 Å². The summed E-state index contributed by atoms with van der Waals surface area (Å²) in [7, 11) is 1.41. The number of rotatable bonds is 6. The van der Waals surface area contributed by atoms with Crippen molar-refractivity contribution in [3.63, 3.8) is 0 Å². The van der Waals surface area contributed by atoms with Crippen LogP contribution in [0.1, 0.15) is 13.8 Å². The third-order valence-corrected chi connectivity index (χ3v) is 3.76. The predicted molar refractivity (Wildman–Crippen MR) is 98.4 cm³/mol. The van der Waals surface area contributed by atoms with Crippen LogP contribution in [-0.4, -0.2) is 48.1 Å². The molecular formula is C18H19F3N4O5. The molecule has 1 aromatic heterocycles. The van der Waals surface area contributed by atoms with E-state index in [0.29, 0.717) is 17.1 Å². The molecular weight excluding hydrogens is 409 g/mol. The molecule has 9 nitrogen and oxygen atoms in total. The smallest absolute Gasteiger partial charge is 0.471 e. The van der Waals surface area contributed by atoms with Crippen molar-refractivity contribution in [2.75, 3.05) is 19.0 Å². The van der Waals surface area contributed by atoms with Gasteiger partial charge in [-0.1, -0.05) is 0 Å². The maximum Gasteiger partial charge on any atom is 0.471 e. The average Bonchev–Trinajstić information content (AvgIpc) is 3.19. The number of methoxy groups -OCH3 is 1. The summed E-state index contributed by atoms with van der Waals surface area (Å²) in [5.74, 6) is -3.52. The second kappa shape index (κ2) is 8.84. The molecule has 0 saturated carbocycles. The number of nitrogens with zero attached hydrogens (tertiary/aromatic N) is 1. The number of anilines is 1. The fraction of sp³-hybridized carbons (Fsp3) is 0.333. The first-order valence-corrected chi connectivity index (χ1v) is 8.48. The first kappa shape index (κ1) is 22.7. The Morgan fingerprint density at radius 3 is 2.43 bits per heavy atom. The van der Waals surface area contributed by atoms with Gasteiger partial charge in [0, 0.05) is 18.3 Å². The van der Waals surface area contributed by atoms with E-state index >= 15 is 0 Å². The molecule has 0 aliphatic heterocycles. The zero-order chi connectivity index (χ0) is 22.5. The average molecular weight is 428 g/mol. The molecule has 0 bridgehead atoms. The van der Waals surface area contributed by atoms with E-state index in [9.17, 15) is 27.6 Å². The van der Waals surface area contributed by atoms with Crippen molar-refractivity contribution < 1.29 is 36.7 Å². The number of amides is 3. The van der Waals surface area contributed by atoms with Gasteiger partial charge in [0.25, 0.3) is 0 Å². The van der Waals surface area contributed by atoms with E-state index in [1.165, 1.54) is 45.7 Å². The number of oxazole rings is 1. The number of hydrogen-bond donors (Lipinski definition) is 3. The Kier molecular flexibility index (Phi) is 6.70. The van der Waals surface area contributed by atoms with E-state index in [2.05, 4.69) is 15.6 Å². The number of carbonyl (C=O) groups excluding carboxylic acids is 3. The molecule has 12 heteroatoms. The van der Waals surface area contributed by atoms with Crippen LogP contribution in [0, 0.1) is 0 Å². The highest BCUT2D eigenvalue weighted by atomic mass is 19.4. The summed E-state index contributed by atoms with van der Waals surface area (Å²) in [5, 5.41) is 6.26. The fourth-order valence-corrected chi connectivity index (χ4v) is 2.32. The minimum absolute atomic E-state index is 0.235. The Bertz CT molecular complexity index is 926. The van der Waals surface area contributed by atoms with Crippen LogP contribution in [0.3, 0.4) is 0 Å². The highest BCUT2D eigenvalue weighted by Gasteiger charge is 2.39. The molecule has 0 aliphatic carbocycles. The summed E-state index contributed by atoms with van der Waals surface area (Å²) in [6, 6.07) is 4.54. The number of carbonyl (C=O) groups is 3. The van der Waals surface area contributed by atoms with Gasteiger partial charge in [0.1, 0.15) is 5.75 Å². The monoisotopic (exact) mass is 428 g/mol. The van der Waals surface area contributed by atoms with Crippen molar-refractivity contribution in [1.29, 1.82) is 0 Å². The molecule has 0 fully saturated rings. The second-order valence-corrected chi connectivity index (χ2v) is 6.75. The van der Waals surface area contributed by atoms with E-state index in [1.54, 1.807) is 11.4 Å². The van der Waals surface area contributed by atoms with Gasteiger partial charge in [0.2, 0.25) is 0 Å². The second-order valence-electron chi connectivity index (χ2n) is 6.75. The summed E-state index contributed by atoms with van der Waals surface area (Å²) >= 11 is 0. The Labute approximate surface area is 169 Å². The molecule has 3 N–H and O–H groups in total. The molecule has 30 heavy (non-hydrogen) atoms. The van der Waals surface area contributed by atoms with Crippen LogP contribution in [0.5, 0.6) is 5.75 Å². The van der Waals surface area contributed by atoms with E-state index in [-0.39, 0.29) is 5.69 Å². The van der Waals surface area contributed by atoms with E-state index < -0.39 is 36.0 Å². The van der Waals surface area contributed by atoms with Crippen LogP contribution in [0.2, 0.25) is 0 Å². The van der Waals surface area contributed by atoms with Gasteiger partial charge in [0.15, 0.2) is 12.2 Å². The number of alkyl halides is 3. The maximum atomic E-state index is 12.3. The molecule has 0 radical (unpaired) electrons. The lowest BCUT2D eigenvalue weighted by Crippen LogP contribution is -2.55. The third kappa shape index (κ3) is 5.96. The van der Waals surface area contributed by atoms with E-state index in [4.69, 9.17) is 9.15 Å². The summed E-state index contributed by atoms with van der Waals surface area (Å²) in [6.07, 6.45) is -2.33. The van der Waals surface area contributed by atoms with E-state index in [1.807, 2.05) is 0 Å². The Hall–Kier alpha value is -3.57. The topological polar surface area (TPSA) is 123 Å². The number of benzene rings is 1. The van der Waals surface area contributed by atoms with Crippen molar-refractivity contribution in [2.24, 2.45) is 0 Å². The fourth-order valence-electron chi connectivity index (χ4n) is 2.32. The maximum absolute atomic E-state index is 12.3. The minimum atomic E-state index is -5.05. The standard InChI is InChI=1S/C18H19F3N4O5/c1-17(2,8-23-16(28)18(19,20)21)25-15(27)14(26)24-10-4-5-11(12(6-10)29-3)13-7-22-9-30-13/h4-7,9H,8H2,1-3H3,(H,23,28)(H,24,26)(H,25,27). The number of aromatic nitrogens is 1. The van der Waals surface area contributed by atoms with Gasteiger partial charge < -0.3 is 25.1 Å². The number of hydrogen-bond acceptors (Lipinski definition) is 6. The van der Waals surface area contributed by atoms with Crippen LogP contribution in [0.15, 0.2) is 35.2 Å². The van der Waals surface area contributed by atoms with Gasteiger partial charge in [-0.3, -0.25) is 14.4 Å². The lowest BCUT2D eigenvalue weighted by atomic mass is 10.1. The molecule has 0 spiro atoms. The molecule has 162 valence electrons. The van der Waals surface area contributed by atoms with Crippen LogP contribution in [0.4, 0.5) is 18.9 Å². The molecule has 0 saturated heterocycles. The summed E-state index contributed by atoms with van der Waals surface area (Å²) in [6.45, 7) is 2.16. The SMILES string of the molecule is COc1cc(NC(=O)C(=O)NC(C)(C)CNC(=O)C(F)(F)F)ccc1-c1cnco1. The van der Waals surface area contributed by atoms with Crippen LogP contribution in [-0.2, 0) is 14.4 Å². The summed E-state index contributed by atoms with van der Waals surface area (Å²) in [4.78, 5) is 38.9. The molecule has 0 atom stereocenters. The van der Waals surface area contributed by atoms with Crippen molar-refractivity contribution in [2.45, 2.75) is 25.6 Å². The molecule has 1 heterocycles. The van der Waals surface area contributed by atoms with Gasteiger partial charge in [-0.25, -0.2) is 4.98 Å². The Balaban J connectivity index is 2.00. The van der Waals surface area contributed by atoms with Gasteiger partial charge in [-0.05, 0) is 26.0 Å². The number of halogens is 3. The first-order valence-electron chi connectivity index (χ1n) is 8.48. The van der Waals surface area contributed by atoms with Crippen LogP contribution < -0.4 is 20.7 Å². The van der Waals surface area contributed by atoms with Crippen molar-refractivity contribution in [3.8, 4) is 17.1 Å². The van der Waals surface area contributed by atoms with Crippen molar-refractivity contribution >= 4 is 23.4 Å². The highest BCUT2D eigenvalue weighted by Crippen LogP contribution is 2.32. The van der Waals surface area contributed by atoms with Gasteiger partial charge in [-0.2, -0.15) is 13.2 Å². The zero-order valence-electron chi connectivity index (χ0n) is 16.2.